The first kappa shape index (κ1) is 9.93. The first-order chi connectivity index (χ1) is 6.79. The Balaban J connectivity index is 2.18. The molecule has 74 valence electrons. The van der Waals surface area contributed by atoms with E-state index in [-0.39, 0.29) is 0 Å². The molecule has 2 heterocycles. The number of nitrogens with zero attached hydrogens (tertiary/aromatic N) is 2. The molecule has 2 nitrogen and oxygen atoms in total. The van der Waals surface area contributed by atoms with E-state index in [1.54, 1.807) is 11.3 Å². The Morgan fingerprint density at radius 2 is 2.43 bits per heavy atom. The third kappa shape index (κ3) is 2.07. The van der Waals surface area contributed by atoms with Crippen LogP contribution in [0.1, 0.15) is 17.6 Å². The lowest BCUT2D eigenvalue weighted by Gasteiger charge is -2.03. The minimum Gasteiger partial charge on any atom is -0.330 e. The topological polar surface area (TPSA) is 17.8 Å². The van der Waals surface area contributed by atoms with Crippen molar-refractivity contribution < 1.29 is 0 Å². The summed E-state index contributed by atoms with van der Waals surface area (Å²) in [5.41, 5.74) is 0. The molecule has 0 N–H and O–H groups in total. The van der Waals surface area contributed by atoms with Crippen molar-refractivity contribution in [3.63, 3.8) is 0 Å². The van der Waals surface area contributed by atoms with Crippen molar-refractivity contribution in [3.05, 3.63) is 39.0 Å². The van der Waals surface area contributed by atoms with Crippen molar-refractivity contribution >= 4 is 27.3 Å². The van der Waals surface area contributed by atoms with E-state index in [2.05, 4.69) is 43.9 Å². The van der Waals surface area contributed by atoms with Gasteiger partial charge in [-0.2, -0.15) is 0 Å². The molecule has 0 aromatic carbocycles. The molecule has 0 atom stereocenters. The highest BCUT2D eigenvalue weighted by Crippen LogP contribution is 2.20. The third-order valence-electron chi connectivity index (χ3n) is 2.07. The highest BCUT2D eigenvalue weighted by atomic mass is 79.9. The maximum absolute atomic E-state index is 4.29. The van der Waals surface area contributed by atoms with E-state index in [0.29, 0.717) is 0 Å². The zero-order chi connectivity index (χ0) is 9.97. The monoisotopic (exact) mass is 270 g/mol. The average molecular weight is 271 g/mol. The molecule has 0 aliphatic rings. The molecule has 0 bridgehead atoms. The molecule has 2 rings (SSSR count). The Kier molecular flexibility index (Phi) is 3.03. The number of aromatic nitrogens is 2. The van der Waals surface area contributed by atoms with Crippen LogP contribution in [-0.2, 0) is 13.0 Å². The quantitative estimate of drug-likeness (QED) is 0.837. The normalized spacial score (nSPS) is 10.7. The van der Waals surface area contributed by atoms with Gasteiger partial charge in [-0.3, -0.25) is 0 Å². The summed E-state index contributed by atoms with van der Waals surface area (Å²) >= 11 is 5.23. The second-order valence-electron chi connectivity index (χ2n) is 3.06. The Morgan fingerprint density at radius 3 is 3.07 bits per heavy atom. The van der Waals surface area contributed by atoms with E-state index in [0.717, 1.165) is 23.3 Å². The van der Waals surface area contributed by atoms with Crippen molar-refractivity contribution in [1.29, 1.82) is 0 Å². The second-order valence-corrected chi connectivity index (χ2v) is 4.97. The van der Waals surface area contributed by atoms with Crippen molar-refractivity contribution in [2.75, 3.05) is 0 Å². The van der Waals surface area contributed by atoms with E-state index in [4.69, 9.17) is 0 Å². The molecule has 0 saturated carbocycles. The van der Waals surface area contributed by atoms with E-state index in [9.17, 15) is 0 Å². The molecule has 0 saturated heterocycles. The molecular formula is C10H11BrN2S. The van der Waals surface area contributed by atoms with Gasteiger partial charge < -0.3 is 4.57 Å². The summed E-state index contributed by atoms with van der Waals surface area (Å²) in [6.07, 6.45) is 4.88. The number of rotatable bonds is 3. The maximum Gasteiger partial charge on any atom is 0.108 e. The van der Waals surface area contributed by atoms with Crippen LogP contribution < -0.4 is 0 Å². The number of thiophene rings is 1. The molecule has 0 amide bonds. The van der Waals surface area contributed by atoms with Crippen LogP contribution >= 0.6 is 27.3 Å². The van der Waals surface area contributed by atoms with Gasteiger partial charge in [0, 0.05) is 33.5 Å². The predicted molar refractivity (Wildman–Crippen MR) is 62.7 cm³/mol. The second kappa shape index (κ2) is 4.28. The molecule has 0 radical (unpaired) electrons. The smallest absolute Gasteiger partial charge is 0.108 e. The Bertz CT molecular complexity index is 419. The van der Waals surface area contributed by atoms with Crippen LogP contribution in [-0.4, -0.2) is 9.55 Å². The van der Waals surface area contributed by atoms with Gasteiger partial charge in [-0.1, -0.05) is 6.92 Å². The summed E-state index contributed by atoms with van der Waals surface area (Å²) in [6.45, 7) is 3.06. The average Bonchev–Trinajstić information content (AvgIpc) is 2.76. The Labute approximate surface area is 95.7 Å². The highest BCUT2D eigenvalue weighted by Gasteiger charge is 2.02. The SMILES string of the molecule is CCc1nccn1Cc1cc(Br)cs1. The summed E-state index contributed by atoms with van der Waals surface area (Å²) in [5.74, 6) is 1.15. The predicted octanol–water partition coefficient (Wildman–Crippen LogP) is 3.32. The molecule has 0 spiro atoms. The minimum atomic E-state index is 0.930. The molecule has 0 aliphatic heterocycles. The van der Waals surface area contributed by atoms with Gasteiger partial charge in [0.1, 0.15) is 5.82 Å². The van der Waals surface area contributed by atoms with E-state index in [1.807, 2.05) is 12.4 Å². The van der Waals surface area contributed by atoms with Gasteiger partial charge in [-0.05, 0) is 22.0 Å². The molecule has 14 heavy (non-hydrogen) atoms. The largest absolute Gasteiger partial charge is 0.330 e. The van der Waals surface area contributed by atoms with Gasteiger partial charge in [0.05, 0.1) is 6.54 Å². The van der Waals surface area contributed by atoms with Gasteiger partial charge in [0.25, 0.3) is 0 Å². The zero-order valence-electron chi connectivity index (χ0n) is 7.90. The molecule has 0 unspecified atom stereocenters. The Hall–Kier alpha value is -0.610. The molecule has 0 aliphatic carbocycles. The van der Waals surface area contributed by atoms with Crippen LogP contribution in [0.2, 0.25) is 0 Å². The van der Waals surface area contributed by atoms with Crippen LogP contribution in [0.15, 0.2) is 28.3 Å². The number of hydrogen-bond acceptors (Lipinski definition) is 2. The number of imidazole rings is 1. The number of halogens is 1. The van der Waals surface area contributed by atoms with Crippen LogP contribution in [0.5, 0.6) is 0 Å². The first-order valence-electron chi connectivity index (χ1n) is 4.52. The van der Waals surface area contributed by atoms with Gasteiger partial charge in [0.2, 0.25) is 0 Å². The summed E-state index contributed by atoms with van der Waals surface area (Å²) in [6, 6.07) is 2.16. The van der Waals surface area contributed by atoms with Crippen molar-refractivity contribution in [2.45, 2.75) is 19.9 Å². The lowest BCUT2D eigenvalue weighted by atomic mass is 10.4. The summed E-state index contributed by atoms with van der Waals surface area (Å²) in [7, 11) is 0. The minimum absolute atomic E-state index is 0.930. The fraction of sp³-hybridized carbons (Fsp3) is 0.300. The van der Waals surface area contributed by atoms with Gasteiger partial charge >= 0.3 is 0 Å². The van der Waals surface area contributed by atoms with E-state index >= 15 is 0 Å². The maximum atomic E-state index is 4.29. The van der Waals surface area contributed by atoms with Crippen molar-refractivity contribution in [1.82, 2.24) is 9.55 Å². The molecule has 2 aromatic rings. The molecule has 2 aromatic heterocycles. The fourth-order valence-corrected chi connectivity index (χ4v) is 2.85. The van der Waals surface area contributed by atoms with Crippen molar-refractivity contribution in [3.8, 4) is 0 Å². The third-order valence-corrected chi connectivity index (χ3v) is 3.75. The lowest BCUT2D eigenvalue weighted by molar-refractivity contribution is 0.740. The van der Waals surface area contributed by atoms with E-state index in [1.165, 1.54) is 4.88 Å². The summed E-state index contributed by atoms with van der Waals surface area (Å²) in [4.78, 5) is 5.64. The zero-order valence-corrected chi connectivity index (χ0v) is 10.3. The fourth-order valence-electron chi connectivity index (χ4n) is 1.40. The van der Waals surface area contributed by atoms with Gasteiger partial charge in [0.15, 0.2) is 0 Å². The summed E-state index contributed by atoms with van der Waals surface area (Å²) in [5, 5.41) is 2.11. The van der Waals surface area contributed by atoms with Crippen LogP contribution in [0.3, 0.4) is 0 Å². The molecule has 4 heteroatoms. The first-order valence-corrected chi connectivity index (χ1v) is 6.19. The van der Waals surface area contributed by atoms with E-state index < -0.39 is 0 Å². The van der Waals surface area contributed by atoms with Crippen LogP contribution in [0.25, 0.3) is 0 Å². The Morgan fingerprint density at radius 1 is 1.57 bits per heavy atom. The molecule has 0 fully saturated rings. The number of aryl methyl sites for hydroxylation is 1. The number of hydrogen-bond donors (Lipinski definition) is 0. The highest BCUT2D eigenvalue weighted by molar-refractivity contribution is 9.10. The van der Waals surface area contributed by atoms with Crippen LogP contribution in [0.4, 0.5) is 0 Å². The summed E-state index contributed by atoms with van der Waals surface area (Å²) < 4.78 is 3.36. The van der Waals surface area contributed by atoms with Crippen LogP contribution in [0, 0.1) is 0 Å². The van der Waals surface area contributed by atoms with Crippen molar-refractivity contribution in [2.24, 2.45) is 0 Å². The lowest BCUT2D eigenvalue weighted by Crippen LogP contribution is -2.01. The van der Waals surface area contributed by atoms with Gasteiger partial charge in [-0.15, -0.1) is 11.3 Å². The molecular weight excluding hydrogens is 260 g/mol. The van der Waals surface area contributed by atoms with Gasteiger partial charge in [-0.25, -0.2) is 4.98 Å². The standard InChI is InChI=1S/C10H11BrN2S/c1-2-10-12-3-4-13(10)6-9-5-8(11)7-14-9/h3-5,7H,2,6H2,1H3.